The quantitative estimate of drug-likeness (QED) is 0.728. The van der Waals surface area contributed by atoms with Crippen molar-refractivity contribution in [1.29, 1.82) is 0 Å². The summed E-state index contributed by atoms with van der Waals surface area (Å²) in [5.41, 5.74) is 1.47. The van der Waals surface area contributed by atoms with Gasteiger partial charge in [0.05, 0.1) is 0 Å². The largest absolute Gasteiger partial charge is 0.315 e. The van der Waals surface area contributed by atoms with Crippen molar-refractivity contribution in [2.45, 2.75) is 32.6 Å². The van der Waals surface area contributed by atoms with E-state index >= 15 is 0 Å². The van der Waals surface area contributed by atoms with Gasteiger partial charge in [-0.2, -0.15) is 11.3 Å². The summed E-state index contributed by atoms with van der Waals surface area (Å²) in [6, 6.07) is 2.22. The van der Waals surface area contributed by atoms with Gasteiger partial charge in [0.2, 0.25) is 0 Å². The van der Waals surface area contributed by atoms with Crippen LogP contribution in [0.3, 0.4) is 0 Å². The first-order valence-corrected chi connectivity index (χ1v) is 8.27. The van der Waals surface area contributed by atoms with Crippen molar-refractivity contribution in [2.24, 2.45) is 5.92 Å². The molecule has 102 valence electrons. The van der Waals surface area contributed by atoms with Crippen molar-refractivity contribution in [3.8, 4) is 0 Å². The van der Waals surface area contributed by atoms with Crippen LogP contribution >= 0.6 is 11.3 Å². The van der Waals surface area contributed by atoms with Crippen LogP contribution in [0.15, 0.2) is 16.8 Å². The van der Waals surface area contributed by atoms with Gasteiger partial charge in [-0.25, -0.2) is 0 Å². The number of hydrogen-bond acceptors (Lipinski definition) is 3. The molecule has 0 bridgehead atoms. The van der Waals surface area contributed by atoms with Crippen LogP contribution in [0.4, 0.5) is 0 Å². The molecule has 2 heterocycles. The third-order valence-corrected chi connectivity index (χ3v) is 4.57. The molecule has 1 N–H and O–H groups in total. The summed E-state index contributed by atoms with van der Waals surface area (Å²) in [5.74, 6) is 0.973. The lowest BCUT2D eigenvalue weighted by molar-refractivity contribution is 0.318. The molecule has 0 radical (unpaired) electrons. The Morgan fingerprint density at radius 3 is 3.17 bits per heavy atom. The molecule has 1 unspecified atom stereocenters. The van der Waals surface area contributed by atoms with Gasteiger partial charge in [-0.3, -0.25) is 0 Å². The van der Waals surface area contributed by atoms with Crippen LogP contribution in [-0.4, -0.2) is 37.6 Å². The molecule has 1 aliphatic rings. The van der Waals surface area contributed by atoms with Gasteiger partial charge in [0.1, 0.15) is 0 Å². The zero-order valence-corrected chi connectivity index (χ0v) is 12.3. The molecular formula is C15H26N2S. The Kier molecular flexibility index (Phi) is 6.18. The van der Waals surface area contributed by atoms with Crippen LogP contribution in [0, 0.1) is 5.92 Å². The zero-order chi connectivity index (χ0) is 12.6. The standard InChI is InChI=1S/C15H26N2S/c1-2-3-14-5-9-17(12-14)10-8-16-7-4-15-6-11-18-13-15/h6,11,13-14,16H,2-5,7-10,12H2,1H3. The van der Waals surface area contributed by atoms with Crippen LogP contribution in [0.1, 0.15) is 31.7 Å². The molecule has 1 aromatic heterocycles. The Morgan fingerprint density at radius 1 is 1.44 bits per heavy atom. The van der Waals surface area contributed by atoms with Crippen LogP contribution in [0.25, 0.3) is 0 Å². The van der Waals surface area contributed by atoms with Gasteiger partial charge in [0.15, 0.2) is 0 Å². The van der Waals surface area contributed by atoms with Crippen LogP contribution in [-0.2, 0) is 6.42 Å². The molecule has 1 saturated heterocycles. The molecule has 3 heteroatoms. The van der Waals surface area contributed by atoms with Gasteiger partial charge in [0, 0.05) is 19.6 Å². The topological polar surface area (TPSA) is 15.3 Å². The monoisotopic (exact) mass is 266 g/mol. The fourth-order valence-electron chi connectivity index (χ4n) is 2.79. The summed E-state index contributed by atoms with van der Waals surface area (Å²) >= 11 is 1.79. The first-order valence-electron chi connectivity index (χ1n) is 7.32. The summed E-state index contributed by atoms with van der Waals surface area (Å²) in [6.45, 7) is 8.43. The fraction of sp³-hybridized carbons (Fsp3) is 0.733. The number of nitrogens with one attached hydrogen (secondary N) is 1. The second-order valence-electron chi connectivity index (χ2n) is 5.38. The summed E-state index contributed by atoms with van der Waals surface area (Å²) in [5, 5.41) is 7.97. The highest BCUT2D eigenvalue weighted by Crippen LogP contribution is 2.19. The molecule has 1 atom stereocenters. The SMILES string of the molecule is CCCC1CCN(CCNCCc2ccsc2)C1. The Labute approximate surface area is 115 Å². The molecule has 18 heavy (non-hydrogen) atoms. The second kappa shape index (κ2) is 7.93. The Hall–Kier alpha value is -0.380. The predicted molar refractivity (Wildman–Crippen MR) is 80.3 cm³/mol. The minimum absolute atomic E-state index is 0.973. The van der Waals surface area contributed by atoms with Crippen molar-refractivity contribution in [1.82, 2.24) is 10.2 Å². The van der Waals surface area contributed by atoms with E-state index in [1.54, 1.807) is 11.3 Å². The van der Waals surface area contributed by atoms with Gasteiger partial charge >= 0.3 is 0 Å². The van der Waals surface area contributed by atoms with Gasteiger partial charge < -0.3 is 10.2 Å². The lowest BCUT2D eigenvalue weighted by atomic mass is 10.0. The molecular weight excluding hydrogens is 240 g/mol. The van der Waals surface area contributed by atoms with E-state index in [4.69, 9.17) is 0 Å². The number of hydrogen-bond donors (Lipinski definition) is 1. The second-order valence-corrected chi connectivity index (χ2v) is 6.16. The van der Waals surface area contributed by atoms with Gasteiger partial charge in [-0.15, -0.1) is 0 Å². The van der Waals surface area contributed by atoms with E-state index in [-0.39, 0.29) is 0 Å². The average molecular weight is 266 g/mol. The van der Waals surface area contributed by atoms with Crippen LogP contribution in [0.2, 0.25) is 0 Å². The molecule has 0 aliphatic carbocycles. The molecule has 0 spiro atoms. The Balaban J connectivity index is 1.49. The van der Waals surface area contributed by atoms with Crippen molar-refractivity contribution in [2.75, 3.05) is 32.7 Å². The maximum absolute atomic E-state index is 3.56. The highest BCUT2D eigenvalue weighted by atomic mass is 32.1. The lowest BCUT2D eigenvalue weighted by Crippen LogP contribution is -2.31. The number of nitrogens with zero attached hydrogens (tertiary/aromatic N) is 1. The predicted octanol–water partition coefficient (Wildman–Crippen LogP) is 3.00. The van der Waals surface area contributed by atoms with E-state index in [0.29, 0.717) is 0 Å². The Morgan fingerprint density at radius 2 is 2.39 bits per heavy atom. The third kappa shape index (κ3) is 4.71. The Bertz CT molecular complexity index is 310. The third-order valence-electron chi connectivity index (χ3n) is 3.84. The number of rotatable bonds is 8. The highest BCUT2D eigenvalue weighted by molar-refractivity contribution is 7.07. The lowest BCUT2D eigenvalue weighted by Gasteiger charge is -2.16. The van der Waals surface area contributed by atoms with E-state index in [9.17, 15) is 0 Å². The normalized spacial score (nSPS) is 20.6. The van der Waals surface area contributed by atoms with E-state index < -0.39 is 0 Å². The summed E-state index contributed by atoms with van der Waals surface area (Å²) in [4.78, 5) is 2.62. The van der Waals surface area contributed by atoms with Gasteiger partial charge in [-0.1, -0.05) is 13.3 Å². The maximum atomic E-state index is 3.56. The molecule has 2 nitrogen and oxygen atoms in total. The summed E-state index contributed by atoms with van der Waals surface area (Å²) in [6.07, 6.45) is 5.35. The molecule has 0 amide bonds. The van der Waals surface area contributed by atoms with Crippen molar-refractivity contribution >= 4 is 11.3 Å². The van der Waals surface area contributed by atoms with Gasteiger partial charge in [0.25, 0.3) is 0 Å². The summed E-state index contributed by atoms with van der Waals surface area (Å²) in [7, 11) is 0. The minimum atomic E-state index is 0.973. The summed E-state index contributed by atoms with van der Waals surface area (Å²) < 4.78 is 0. The van der Waals surface area contributed by atoms with E-state index in [0.717, 1.165) is 19.0 Å². The maximum Gasteiger partial charge on any atom is 0.0107 e. The van der Waals surface area contributed by atoms with Crippen molar-refractivity contribution in [3.63, 3.8) is 0 Å². The molecule has 1 aromatic rings. The first-order chi connectivity index (χ1) is 8.88. The van der Waals surface area contributed by atoms with E-state index in [1.165, 1.54) is 50.9 Å². The van der Waals surface area contributed by atoms with E-state index in [1.807, 2.05) is 0 Å². The minimum Gasteiger partial charge on any atom is -0.315 e. The molecule has 1 aliphatic heterocycles. The first kappa shape index (κ1) is 14.0. The molecule has 2 rings (SSSR count). The molecule has 0 saturated carbocycles. The zero-order valence-electron chi connectivity index (χ0n) is 11.5. The fourth-order valence-corrected chi connectivity index (χ4v) is 3.49. The number of likely N-dealkylation sites (tertiary alicyclic amines) is 1. The van der Waals surface area contributed by atoms with Crippen molar-refractivity contribution in [3.05, 3.63) is 22.4 Å². The smallest absolute Gasteiger partial charge is 0.0107 e. The highest BCUT2D eigenvalue weighted by Gasteiger charge is 2.20. The molecule has 0 aromatic carbocycles. The van der Waals surface area contributed by atoms with Crippen molar-refractivity contribution < 1.29 is 0 Å². The van der Waals surface area contributed by atoms with Crippen LogP contribution < -0.4 is 5.32 Å². The van der Waals surface area contributed by atoms with Gasteiger partial charge in [-0.05, 0) is 60.7 Å². The van der Waals surface area contributed by atoms with Crippen LogP contribution in [0.5, 0.6) is 0 Å². The molecule has 1 fully saturated rings. The number of thiophene rings is 1. The average Bonchev–Trinajstić information content (AvgIpc) is 3.01. The van der Waals surface area contributed by atoms with E-state index in [2.05, 4.69) is 34.0 Å².